The zero-order chi connectivity index (χ0) is 33.1. The maximum atomic E-state index is 14.5. The molecule has 1 amide bonds. The number of fused-ring (bicyclic) bond motifs is 1. The van der Waals surface area contributed by atoms with Crippen LogP contribution in [0.3, 0.4) is 0 Å². The number of aliphatic hydroxyl groups excluding tert-OH is 1. The van der Waals surface area contributed by atoms with Crippen LogP contribution in [0.2, 0.25) is 0 Å². The number of likely N-dealkylation sites (tertiary alicyclic amines) is 1. The van der Waals surface area contributed by atoms with Gasteiger partial charge in [-0.15, -0.1) is 0 Å². The molecule has 13 heteroatoms. The standard InChI is InChI=1S/C33H34BrF3N4O4S/c1-46(44,45)25-10-11-28-26(19-25)29(32(43)40-31(33(35,36)37)21-6-3-2-4-7-21)27(30(39-28)22-8-5-9-23(34)18-22)20-41-15-12-24(13-16-41)38-14-17-42/h2-11,18-19,24,31,38,42H,12-17,20H2,1H3,(H,40,43)/t31-/m1/s1. The Bertz CT molecular complexity index is 1820. The summed E-state index contributed by atoms with van der Waals surface area (Å²) in [6.45, 7) is 1.93. The summed E-state index contributed by atoms with van der Waals surface area (Å²) < 4.78 is 69.3. The molecule has 244 valence electrons. The molecule has 46 heavy (non-hydrogen) atoms. The van der Waals surface area contributed by atoms with Gasteiger partial charge in [0.25, 0.3) is 5.91 Å². The van der Waals surface area contributed by atoms with Gasteiger partial charge < -0.3 is 15.7 Å². The molecular weight excluding hydrogens is 685 g/mol. The highest BCUT2D eigenvalue weighted by Gasteiger charge is 2.42. The number of amides is 1. The Morgan fingerprint density at radius 1 is 1.07 bits per heavy atom. The van der Waals surface area contributed by atoms with Crippen molar-refractivity contribution in [3.8, 4) is 11.3 Å². The van der Waals surface area contributed by atoms with Crippen LogP contribution in [-0.4, -0.2) is 74.0 Å². The molecule has 3 aromatic carbocycles. The summed E-state index contributed by atoms with van der Waals surface area (Å²) in [4.78, 5) is 21.2. The number of aliphatic hydroxyl groups is 1. The molecule has 0 saturated carbocycles. The average molecular weight is 720 g/mol. The summed E-state index contributed by atoms with van der Waals surface area (Å²) in [6.07, 6.45) is -2.26. The minimum atomic E-state index is -4.81. The normalized spacial score (nSPS) is 15.6. The third-order valence-electron chi connectivity index (χ3n) is 8.06. The molecule has 1 saturated heterocycles. The second kappa shape index (κ2) is 14.2. The van der Waals surface area contributed by atoms with Gasteiger partial charge in [0.1, 0.15) is 0 Å². The number of pyridine rings is 1. The first-order chi connectivity index (χ1) is 21.8. The van der Waals surface area contributed by atoms with E-state index >= 15 is 0 Å². The summed E-state index contributed by atoms with van der Waals surface area (Å²) >= 11 is 3.48. The van der Waals surface area contributed by atoms with Crippen LogP contribution >= 0.6 is 15.9 Å². The molecule has 0 unspecified atom stereocenters. The summed E-state index contributed by atoms with van der Waals surface area (Å²) in [7, 11) is -3.73. The number of nitrogens with one attached hydrogen (secondary N) is 2. The van der Waals surface area contributed by atoms with Gasteiger partial charge in [-0.2, -0.15) is 13.2 Å². The van der Waals surface area contributed by atoms with E-state index in [0.717, 1.165) is 23.6 Å². The summed E-state index contributed by atoms with van der Waals surface area (Å²) in [5.41, 5.74) is 1.52. The molecule has 1 atom stereocenters. The fourth-order valence-electron chi connectivity index (χ4n) is 5.79. The molecule has 4 aromatic rings. The Morgan fingerprint density at radius 2 is 1.78 bits per heavy atom. The summed E-state index contributed by atoms with van der Waals surface area (Å²) in [5.74, 6) is -0.991. The van der Waals surface area contributed by atoms with E-state index < -0.39 is 28.0 Å². The molecule has 1 aliphatic heterocycles. The van der Waals surface area contributed by atoms with Crippen molar-refractivity contribution in [3.63, 3.8) is 0 Å². The van der Waals surface area contributed by atoms with Crippen LogP contribution in [0.4, 0.5) is 13.2 Å². The third kappa shape index (κ3) is 7.95. The summed E-state index contributed by atoms with van der Waals surface area (Å²) in [6, 6.07) is 16.4. The van der Waals surface area contributed by atoms with E-state index in [1.165, 1.54) is 42.5 Å². The lowest BCUT2D eigenvalue weighted by Crippen LogP contribution is -2.43. The maximum absolute atomic E-state index is 14.5. The highest BCUT2D eigenvalue weighted by molar-refractivity contribution is 9.10. The van der Waals surface area contributed by atoms with Gasteiger partial charge in [-0.3, -0.25) is 9.69 Å². The Morgan fingerprint density at radius 3 is 2.41 bits per heavy atom. The number of hydrogen-bond donors (Lipinski definition) is 3. The second-order valence-electron chi connectivity index (χ2n) is 11.4. The van der Waals surface area contributed by atoms with Crippen molar-refractivity contribution in [1.29, 1.82) is 0 Å². The Hall–Kier alpha value is -3.36. The molecule has 0 bridgehead atoms. The van der Waals surface area contributed by atoms with Gasteiger partial charge in [-0.1, -0.05) is 58.4 Å². The fraction of sp³-hybridized carbons (Fsp3) is 0.333. The fourth-order valence-corrected chi connectivity index (χ4v) is 6.84. The predicted octanol–water partition coefficient (Wildman–Crippen LogP) is 5.65. The molecule has 3 N–H and O–H groups in total. The number of hydrogen-bond acceptors (Lipinski definition) is 7. The number of sulfone groups is 1. The molecule has 8 nitrogen and oxygen atoms in total. The smallest absolute Gasteiger partial charge is 0.395 e. The molecule has 0 aliphatic carbocycles. The largest absolute Gasteiger partial charge is 0.412 e. The molecule has 5 rings (SSSR count). The molecule has 1 fully saturated rings. The van der Waals surface area contributed by atoms with Gasteiger partial charge in [0.05, 0.1) is 28.3 Å². The monoisotopic (exact) mass is 718 g/mol. The summed E-state index contributed by atoms with van der Waals surface area (Å²) in [5, 5.41) is 14.9. The van der Waals surface area contributed by atoms with Crippen molar-refractivity contribution < 1.29 is 31.5 Å². The SMILES string of the molecule is CS(=O)(=O)c1ccc2nc(-c3cccc(Br)c3)c(CN3CCC(NCCO)CC3)c(C(=O)N[C@H](c3ccccc3)C(F)(F)F)c2c1. The molecule has 1 aliphatic rings. The van der Waals surface area contributed by atoms with Gasteiger partial charge in [-0.25, -0.2) is 13.4 Å². The van der Waals surface area contributed by atoms with E-state index in [4.69, 9.17) is 4.98 Å². The number of carbonyl (C=O) groups is 1. The van der Waals surface area contributed by atoms with Crippen LogP contribution < -0.4 is 10.6 Å². The zero-order valence-electron chi connectivity index (χ0n) is 25.0. The van der Waals surface area contributed by atoms with Crippen LogP contribution in [0.1, 0.15) is 40.4 Å². The first-order valence-corrected chi connectivity index (χ1v) is 17.5. The van der Waals surface area contributed by atoms with E-state index in [9.17, 15) is 31.5 Å². The topological polar surface area (TPSA) is 112 Å². The first kappa shape index (κ1) is 34.0. The van der Waals surface area contributed by atoms with Gasteiger partial charge >= 0.3 is 6.18 Å². The van der Waals surface area contributed by atoms with Gasteiger partial charge in [-0.05, 0) is 61.8 Å². The lowest BCUT2D eigenvalue weighted by atomic mass is 9.94. The lowest BCUT2D eigenvalue weighted by Gasteiger charge is -2.33. The van der Waals surface area contributed by atoms with Crippen molar-refractivity contribution in [2.24, 2.45) is 0 Å². The van der Waals surface area contributed by atoms with E-state index in [-0.39, 0.29) is 46.1 Å². The number of alkyl halides is 3. The van der Waals surface area contributed by atoms with Gasteiger partial charge in [0.2, 0.25) is 0 Å². The highest BCUT2D eigenvalue weighted by atomic mass is 79.9. The van der Waals surface area contributed by atoms with Crippen LogP contribution in [0.5, 0.6) is 0 Å². The number of halogens is 4. The number of carbonyl (C=O) groups excluding carboxylic acids is 1. The number of benzene rings is 3. The molecule has 0 spiro atoms. The van der Waals surface area contributed by atoms with Gasteiger partial charge in [0.15, 0.2) is 15.9 Å². The number of rotatable bonds is 10. The van der Waals surface area contributed by atoms with Crippen LogP contribution in [0.25, 0.3) is 22.2 Å². The Labute approximate surface area is 274 Å². The Balaban J connectivity index is 1.70. The third-order valence-corrected chi connectivity index (χ3v) is 9.66. The van der Waals surface area contributed by atoms with Crippen molar-refractivity contribution in [2.75, 3.05) is 32.5 Å². The molecular formula is C33H34BrF3N4O4S. The van der Waals surface area contributed by atoms with E-state index in [2.05, 4.69) is 31.5 Å². The number of aromatic nitrogens is 1. The quantitative estimate of drug-likeness (QED) is 0.195. The Kier molecular flexibility index (Phi) is 10.5. The molecule has 0 radical (unpaired) electrons. The van der Waals surface area contributed by atoms with E-state index in [1.807, 2.05) is 18.2 Å². The van der Waals surface area contributed by atoms with E-state index in [0.29, 0.717) is 36.5 Å². The van der Waals surface area contributed by atoms with Crippen molar-refractivity contribution >= 4 is 42.6 Å². The highest BCUT2D eigenvalue weighted by Crippen LogP contribution is 2.37. The number of piperidine rings is 1. The van der Waals surface area contributed by atoms with Crippen LogP contribution in [-0.2, 0) is 16.4 Å². The first-order valence-electron chi connectivity index (χ1n) is 14.8. The zero-order valence-corrected chi connectivity index (χ0v) is 27.4. The molecule has 2 heterocycles. The van der Waals surface area contributed by atoms with Crippen molar-refractivity contribution in [2.45, 2.75) is 42.5 Å². The second-order valence-corrected chi connectivity index (χ2v) is 14.3. The van der Waals surface area contributed by atoms with E-state index in [1.54, 1.807) is 12.1 Å². The maximum Gasteiger partial charge on any atom is 0.412 e. The number of nitrogens with zero attached hydrogens (tertiary/aromatic N) is 2. The van der Waals surface area contributed by atoms with Crippen molar-refractivity contribution in [1.82, 2.24) is 20.5 Å². The van der Waals surface area contributed by atoms with Gasteiger partial charge in [0, 0.05) is 46.4 Å². The minimum Gasteiger partial charge on any atom is -0.395 e. The van der Waals surface area contributed by atoms with Crippen LogP contribution in [0, 0.1) is 0 Å². The average Bonchev–Trinajstić information content (AvgIpc) is 3.02. The predicted molar refractivity (Wildman–Crippen MR) is 174 cm³/mol. The van der Waals surface area contributed by atoms with Crippen LogP contribution in [0.15, 0.2) is 82.2 Å². The lowest BCUT2D eigenvalue weighted by molar-refractivity contribution is -0.155. The molecule has 1 aromatic heterocycles. The minimum absolute atomic E-state index is 0.0226. The van der Waals surface area contributed by atoms with Crippen molar-refractivity contribution in [3.05, 3.63) is 94.0 Å².